The molecule has 0 atom stereocenters. The van der Waals surface area contributed by atoms with Crippen LogP contribution in [0.25, 0.3) is 0 Å². The Morgan fingerprint density at radius 1 is 1.53 bits per heavy atom. The maximum Gasteiger partial charge on any atom is 0.255 e. The molecular weight excluding hydrogens is 222 g/mol. The lowest BCUT2D eigenvalue weighted by atomic mass is 9.90. The molecule has 0 unspecified atom stereocenters. The molecule has 1 aromatic heterocycles. The SMILES string of the molecule is Cc1cc(C(=O)NC2(CO)CCOCC2)co1. The highest BCUT2D eigenvalue weighted by Gasteiger charge is 2.33. The van der Waals surface area contributed by atoms with E-state index in [2.05, 4.69) is 5.32 Å². The number of aliphatic hydroxyl groups excluding tert-OH is 1. The molecule has 1 saturated heterocycles. The molecule has 94 valence electrons. The van der Waals surface area contributed by atoms with Crippen molar-refractivity contribution < 1.29 is 19.1 Å². The van der Waals surface area contributed by atoms with Crippen molar-refractivity contribution >= 4 is 5.91 Å². The summed E-state index contributed by atoms with van der Waals surface area (Å²) in [4.78, 5) is 12.0. The van der Waals surface area contributed by atoms with Crippen LogP contribution in [-0.2, 0) is 4.74 Å². The van der Waals surface area contributed by atoms with E-state index in [1.54, 1.807) is 13.0 Å². The van der Waals surface area contributed by atoms with Crippen LogP contribution in [0.1, 0.15) is 29.0 Å². The molecule has 0 radical (unpaired) electrons. The summed E-state index contributed by atoms with van der Waals surface area (Å²) in [5.74, 6) is 0.484. The number of carbonyl (C=O) groups is 1. The Bertz CT molecular complexity index is 393. The van der Waals surface area contributed by atoms with Crippen molar-refractivity contribution in [2.45, 2.75) is 25.3 Å². The van der Waals surface area contributed by atoms with Gasteiger partial charge in [0.1, 0.15) is 12.0 Å². The van der Waals surface area contributed by atoms with E-state index in [-0.39, 0.29) is 12.5 Å². The third-order valence-electron chi connectivity index (χ3n) is 3.12. The quantitative estimate of drug-likeness (QED) is 0.820. The van der Waals surface area contributed by atoms with Gasteiger partial charge in [-0.15, -0.1) is 0 Å². The Balaban J connectivity index is 2.05. The number of aryl methyl sites for hydroxylation is 1. The molecule has 17 heavy (non-hydrogen) atoms. The van der Waals surface area contributed by atoms with E-state index < -0.39 is 5.54 Å². The van der Waals surface area contributed by atoms with E-state index in [4.69, 9.17) is 9.15 Å². The van der Waals surface area contributed by atoms with Crippen LogP contribution in [0.4, 0.5) is 0 Å². The third kappa shape index (κ3) is 2.68. The molecule has 2 N–H and O–H groups in total. The molecule has 1 aliphatic heterocycles. The van der Waals surface area contributed by atoms with Crippen molar-refractivity contribution in [3.8, 4) is 0 Å². The fourth-order valence-electron chi connectivity index (χ4n) is 1.96. The minimum absolute atomic E-state index is 0.0705. The molecule has 1 aliphatic rings. The Morgan fingerprint density at radius 3 is 2.76 bits per heavy atom. The highest BCUT2D eigenvalue weighted by atomic mass is 16.5. The van der Waals surface area contributed by atoms with Gasteiger partial charge in [-0.2, -0.15) is 0 Å². The first-order chi connectivity index (χ1) is 8.15. The van der Waals surface area contributed by atoms with Gasteiger partial charge < -0.3 is 19.6 Å². The van der Waals surface area contributed by atoms with Gasteiger partial charge in [-0.1, -0.05) is 0 Å². The van der Waals surface area contributed by atoms with Gasteiger partial charge in [-0.05, 0) is 25.8 Å². The summed E-state index contributed by atoms with van der Waals surface area (Å²) in [6.45, 7) is 2.84. The van der Waals surface area contributed by atoms with Gasteiger partial charge in [-0.3, -0.25) is 4.79 Å². The number of amides is 1. The van der Waals surface area contributed by atoms with Crippen LogP contribution in [0.3, 0.4) is 0 Å². The largest absolute Gasteiger partial charge is 0.469 e. The first kappa shape index (κ1) is 12.1. The van der Waals surface area contributed by atoms with Crippen LogP contribution in [0.2, 0.25) is 0 Å². The van der Waals surface area contributed by atoms with Crippen LogP contribution in [-0.4, -0.2) is 36.4 Å². The maximum atomic E-state index is 12.0. The normalized spacial score (nSPS) is 18.9. The zero-order chi connectivity index (χ0) is 12.3. The van der Waals surface area contributed by atoms with Crippen LogP contribution in [0.5, 0.6) is 0 Å². The van der Waals surface area contributed by atoms with Crippen LogP contribution < -0.4 is 5.32 Å². The summed E-state index contributed by atoms with van der Waals surface area (Å²) >= 11 is 0. The molecule has 5 nitrogen and oxygen atoms in total. The van der Waals surface area contributed by atoms with E-state index >= 15 is 0 Å². The molecule has 0 bridgehead atoms. The predicted octanol–water partition coefficient (Wildman–Crippen LogP) is 0.859. The van der Waals surface area contributed by atoms with Gasteiger partial charge in [0.2, 0.25) is 0 Å². The van der Waals surface area contributed by atoms with Crippen molar-refractivity contribution in [1.29, 1.82) is 0 Å². The number of rotatable bonds is 3. The van der Waals surface area contributed by atoms with E-state index in [1.807, 2.05) is 0 Å². The van der Waals surface area contributed by atoms with Crippen molar-refractivity contribution in [3.63, 3.8) is 0 Å². The van der Waals surface area contributed by atoms with Gasteiger partial charge in [0.05, 0.1) is 17.7 Å². The topological polar surface area (TPSA) is 71.7 Å². The Hall–Kier alpha value is -1.33. The molecule has 2 rings (SSSR count). The highest BCUT2D eigenvalue weighted by molar-refractivity contribution is 5.94. The molecular formula is C12H17NO4. The summed E-state index contributed by atoms with van der Waals surface area (Å²) in [6, 6.07) is 1.68. The van der Waals surface area contributed by atoms with Crippen LogP contribution in [0.15, 0.2) is 16.7 Å². The first-order valence-electron chi connectivity index (χ1n) is 5.71. The predicted molar refractivity (Wildman–Crippen MR) is 60.8 cm³/mol. The zero-order valence-electron chi connectivity index (χ0n) is 9.86. The van der Waals surface area contributed by atoms with Crippen LogP contribution >= 0.6 is 0 Å². The number of hydrogen-bond donors (Lipinski definition) is 2. The smallest absolute Gasteiger partial charge is 0.255 e. The fourth-order valence-corrected chi connectivity index (χ4v) is 1.96. The van der Waals surface area contributed by atoms with Gasteiger partial charge in [0.15, 0.2) is 0 Å². The monoisotopic (exact) mass is 239 g/mol. The number of aliphatic hydroxyl groups is 1. The van der Waals surface area contributed by atoms with Gasteiger partial charge >= 0.3 is 0 Å². The Morgan fingerprint density at radius 2 is 2.24 bits per heavy atom. The summed E-state index contributed by atoms with van der Waals surface area (Å²) in [7, 11) is 0. The Kier molecular flexibility index (Phi) is 3.49. The van der Waals surface area contributed by atoms with Gasteiger partial charge in [-0.25, -0.2) is 0 Å². The van der Waals surface area contributed by atoms with Gasteiger partial charge in [0.25, 0.3) is 5.91 Å². The molecule has 0 aromatic carbocycles. The van der Waals surface area contributed by atoms with E-state index in [1.165, 1.54) is 6.26 Å². The zero-order valence-corrected chi connectivity index (χ0v) is 9.86. The van der Waals surface area contributed by atoms with Crippen molar-refractivity contribution in [3.05, 3.63) is 23.7 Å². The Labute approximate surface area is 99.8 Å². The standard InChI is InChI=1S/C12H17NO4/c1-9-6-10(7-17-9)11(15)13-12(8-14)2-4-16-5-3-12/h6-7,14H,2-5,8H2,1H3,(H,13,15). The van der Waals surface area contributed by atoms with Gasteiger partial charge in [0, 0.05) is 13.2 Å². The second-order valence-corrected chi connectivity index (χ2v) is 4.45. The molecule has 1 amide bonds. The molecule has 0 spiro atoms. The molecule has 1 aromatic rings. The number of nitrogens with one attached hydrogen (secondary N) is 1. The summed E-state index contributed by atoms with van der Waals surface area (Å²) < 4.78 is 10.3. The lowest BCUT2D eigenvalue weighted by Gasteiger charge is -2.36. The number of ether oxygens (including phenoxy) is 1. The summed E-state index contributed by atoms with van der Waals surface area (Å²) in [5, 5.41) is 12.3. The molecule has 0 aliphatic carbocycles. The first-order valence-corrected chi connectivity index (χ1v) is 5.71. The maximum absolute atomic E-state index is 12.0. The minimum atomic E-state index is -0.555. The lowest BCUT2D eigenvalue weighted by molar-refractivity contribution is 0.0125. The minimum Gasteiger partial charge on any atom is -0.469 e. The fraction of sp³-hybridized carbons (Fsp3) is 0.583. The number of hydrogen-bond acceptors (Lipinski definition) is 4. The van der Waals surface area contributed by atoms with Crippen molar-refractivity contribution in [2.75, 3.05) is 19.8 Å². The molecule has 2 heterocycles. The van der Waals surface area contributed by atoms with E-state index in [0.29, 0.717) is 37.4 Å². The summed E-state index contributed by atoms with van der Waals surface area (Å²) in [6.07, 6.45) is 2.69. The number of furan rings is 1. The molecule has 0 saturated carbocycles. The highest BCUT2D eigenvalue weighted by Crippen LogP contribution is 2.21. The van der Waals surface area contributed by atoms with Crippen molar-refractivity contribution in [2.24, 2.45) is 0 Å². The summed E-state index contributed by atoms with van der Waals surface area (Å²) in [5.41, 5.74) is -0.0673. The molecule has 1 fully saturated rings. The molecule has 5 heteroatoms. The lowest BCUT2D eigenvalue weighted by Crippen LogP contribution is -2.54. The second kappa shape index (κ2) is 4.89. The number of carbonyl (C=O) groups excluding carboxylic acids is 1. The van der Waals surface area contributed by atoms with Crippen molar-refractivity contribution in [1.82, 2.24) is 5.32 Å². The van der Waals surface area contributed by atoms with E-state index in [0.717, 1.165) is 0 Å². The average molecular weight is 239 g/mol. The second-order valence-electron chi connectivity index (χ2n) is 4.45. The average Bonchev–Trinajstić information content (AvgIpc) is 2.77. The van der Waals surface area contributed by atoms with E-state index in [9.17, 15) is 9.90 Å². The van der Waals surface area contributed by atoms with Crippen LogP contribution in [0, 0.1) is 6.92 Å². The third-order valence-corrected chi connectivity index (χ3v) is 3.12.